The van der Waals surface area contributed by atoms with E-state index < -0.39 is 28.6 Å². The fraction of sp³-hybridized carbons (Fsp3) is 0.290. The first-order valence-electron chi connectivity index (χ1n) is 13.8. The van der Waals surface area contributed by atoms with Crippen LogP contribution in [0, 0.1) is 18.6 Å². The lowest BCUT2D eigenvalue weighted by molar-refractivity contribution is -0.126. The van der Waals surface area contributed by atoms with Gasteiger partial charge >= 0.3 is 5.69 Å². The summed E-state index contributed by atoms with van der Waals surface area (Å²) in [7, 11) is 0. The van der Waals surface area contributed by atoms with E-state index in [1.165, 1.54) is 34.5 Å². The quantitative estimate of drug-likeness (QED) is 0.286. The van der Waals surface area contributed by atoms with Gasteiger partial charge < -0.3 is 14.9 Å². The van der Waals surface area contributed by atoms with Crippen molar-refractivity contribution in [1.29, 1.82) is 0 Å². The molecular weight excluding hydrogens is 596 g/mol. The summed E-state index contributed by atoms with van der Waals surface area (Å²) in [5.41, 5.74) is -0.0358. The number of thioether (sulfide) groups is 1. The van der Waals surface area contributed by atoms with E-state index in [0.717, 1.165) is 6.07 Å². The van der Waals surface area contributed by atoms with E-state index in [0.29, 0.717) is 52.6 Å². The summed E-state index contributed by atoms with van der Waals surface area (Å²) in [5.74, 6) is -2.03. The number of rotatable bonds is 4. The van der Waals surface area contributed by atoms with Crippen LogP contribution in [0.4, 0.5) is 14.6 Å². The zero-order valence-corrected chi connectivity index (χ0v) is 25.3. The third-order valence-corrected chi connectivity index (χ3v) is 9.72. The van der Waals surface area contributed by atoms with Crippen molar-refractivity contribution < 1.29 is 18.7 Å². The number of pyridine rings is 1. The minimum Gasteiger partial charge on any atom is -0.507 e. The van der Waals surface area contributed by atoms with Gasteiger partial charge in [0.15, 0.2) is 5.82 Å². The molecular formula is C31H28ClF2N5O3S. The van der Waals surface area contributed by atoms with Crippen molar-refractivity contribution >= 4 is 46.0 Å². The maximum Gasteiger partial charge on any atom is 0.354 e. The number of piperazine rings is 1. The van der Waals surface area contributed by atoms with E-state index in [-0.39, 0.29) is 39.8 Å². The van der Waals surface area contributed by atoms with Gasteiger partial charge in [-0.05, 0) is 42.7 Å². The molecule has 0 aliphatic carbocycles. The summed E-state index contributed by atoms with van der Waals surface area (Å²) in [6.07, 6.45) is 2.89. The predicted octanol–water partition coefficient (Wildman–Crippen LogP) is 5.83. The summed E-state index contributed by atoms with van der Waals surface area (Å²) in [6.45, 7) is 10.2. The zero-order valence-electron chi connectivity index (χ0n) is 23.7. The molecule has 0 spiro atoms. The van der Waals surface area contributed by atoms with Crippen LogP contribution in [0.25, 0.3) is 27.7 Å². The molecule has 2 aliphatic rings. The van der Waals surface area contributed by atoms with Crippen molar-refractivity contribution in [1.82, 2.24) is 19.4 Å². The molecule has 2 aromatic heterocycles. The van der Waals surface area contributed by atoms with Crippen LogP contribution in [0.3, 0.4) is 0 Å². The highest BCUT2D eigenvalue weighted by molar-refractivity contribution is 7.99. The maximum atomic E-state index is 17.2. The minimum absolute atomic E-state index is 0.102. The van der Waals surface area contributed by atoms with Gasteiger partial charge in [0.2, 0.25) is 5.91 Å². The lowest BCUT2D eigenvalue weighted by Gasteiger charge is -2.41. The van der Waals surface area contributed by atoms with Crippen LogP contribution >= 0.6 is 23.4 Å². The lowest BCUT2D eigenvalue weighted by atomic mass is 9.99. The van der Waals surface area contributed by atoms with Gasteiger partial charge in [-0.1, -0.05) is 38.1 Å². The molecule has 1 N–H and O–H groups in total. The van der Waals surface area contributed by atoms with Crippen molar-refractivity contribution in [2.75, 3.05) is 30.3 Å². The molecule has 4 aromatic rings. The van der Waals surface area contributed by atoms with Gasteiger partial charge in [-0.15, -0.1) is 11.8 Å². The second kappa shape index (κ2) is 10.9. The molecule has 1 unspecified atom stereocenters. The van der Waals surface area contributed by atoms with Crippen LogP contribution in [0.1, 0.15) is 31.0 Å². The number of anilines is 1. The Morgan fingerprint density at radius 1 is 1.23 bits per heavy atom. The number of amides is 1. The highest BCUT2D eigenvalue weighted by Crippen LogP contribution is 2.50. The van der Waals surface area contributed by atoms with Gasteiger partial charge in [0.25, 0.3) is 0 Å². The smallest absolute Gasteiger partial charge is 0.354 e. The summed E-state index contributed by atoms with van der Waals surface area (Å²) in [5, 5.41) is 10.9. The third kappa shape index (κ3) is 4.56. The van der Waals surface area contributed by atoms with Crippen LogP contribution in [-0.2, 0) is 4.79 Å². The van der Waals surface area contributed by atoms with Crippen molar-refractivity contribution in [2.45, 2.75) is 37.6 Å². The van der Waals surface area contributed by atoms with Crippen LogP contribution in [0.5, 0.6) is 5.75 Å². The summed E-state index contributed by atoms with van der Waals surface area (Å²) < 4.78 is 33.7. The zero-order chi connectivity index (χ0) is 30.7. The number of carbonyl (C=O) groups is 1. The van der Waals surface area contributed by atoms with Crippen molar-refractivity contribution in [3.05, 3.63) is 81.5 Å². The molecule has 0 saturated carbocycles. The number of fused-ring (bicyclic) bond motifs is 2. The van der Waals surface area contributed by atoms with E-state index >= 15 is 8.78 Å². The molecule has 4 heterocycles. The van der Waals surface area contributed by atoms with Crippen LogP contribution in [0.2, 0.25) is 5.02 Å². The number of carbonyl (C=O) groups excluding carboxylic acids is 1. The Morgan fingerprint density at radius 2 is 2.00 bits per heavy atom. The Labute approximate surface area is 255 Å². The van der Waals surface area contributed by atoms with Gasteiger partial charge in [-0.3, -0.25) is 14.3 Å². The van der Waals surface area contributed by atoms with Gasteiger partial charge in [0, 0.05) is 42.0 Å². The van der Waals surface area contributed by atoms with Crippen molar-refractivity contribution in [3.63, 3.8) is 0 Å². The molecule has 6 rings (SSSR count). The number of phenolic OH excluding ortho intramolecular Hbond substituents is 1. The second-order valence-electron chi connectivity index (χ2n) is 10.9. The van der Waals surface area contributed by atoms with E-state index in [2.05, 4.69) is 16.5 Å². The van der Waals surface area contributed by atoms with Crippen LogP contribution < -0.4 is 10.6 Å². The van der Waals surface area contributed by atoms with Crippen molar-refractivity contribution in [3.8, 4) is 22.6 Å². The number of hydrogen-bond acceptors (Lipinski definition) is 7. The molecule has 43 heavy (non-hydrogen) atoms. The van der Waals surface area contributed by atoms with Crippen LogP contribution in [0.15, 0.2) is 52.8 Å². The molecule has 1 saturated heterocycles. The summed E-state index contributed by atoms with van der Waals surface area (Å²) >= 11 is 8.25. The molecule has 222 valence electrons. The monoisotopic (exact) mass is 623 g/mol. The van der Waals surface area contributed by atoms with Crippen LogP contribution in [-0.4, -0.2) is 61.9 Å². The minimum atomic E-state index is -0.970. The summed E-state index contributed by atoms with van der Waals surface area (Å²) in [4.78, 5) is 39.6. The number of aromatic hydroxyl groups is 1. The first kappa shape index (κ1) is 29.1. The number of halogens is 3. The average Bonchev–Trinajstić information content (AvgIpc) is 3.13. The van der Waals surface area contributed by atoms with Gasteiger partial charge in [-0.25, -0.2) is 13.6 Å². The summed E-state index contributed by atoms with van der Waals surface area (Å²) in [6, 6.07) is 5.12. The van der Waals surface area contributed by atoms with E-state index in [9.17, 15) is 14.7 Å². The molecule has 2 aromatic carbocycles. The highest BCUT2D eigenvalue weighted by atomic mass is 35.5. The Morgan fingerprint density at radius 3 is 2.70 bits per heavy atom. The Bertz CT molecular complexity index is 1880. The fourth-order valence-corrected chi connectivity index (χ4v) is 7.61. The lowest BCUT2D eigenvalue weighted by Crippen LogP contribution is -2.56. The highest BCUT2D eigenvalue weighted by Gasteiger charge is 2.38. The number of hydrogen-bond donors (Lipinski definition) is 1. The normalized spacial score (nSPS) is 16.4. The number of nitrogens with zero attached hydrogens (tertiary/aromatic N) is 5. The Kier molecular flexibility index (Phi) is 7.42. The molecule has 0 bridgehead atoms. The topological polar surface area (TPSA) is 91.6 Å². The predicted molar refractivity (Wildman–Crippen MR) is 165 cm³/mol. The largest absolute Gasteiger partial charge is 0.507 e. The SMILES string of the molecule is C=CC(=O)N1CCN2c3nc(=O)n(-c4c(C)ccnc4C(C)C)c4c(F)c(-c5c(O)cccc5F)c(Cl)c(c34)SCC2C1. The molecule has 1 fully saturated rings. The number of aryl methyl sites for hydroxylation is 1. The van der Waals surface area contributed by atoms with Gasteiger partial charge in [0.1, 0.15) is 17.4 Å². The third-order valence-electron chi connectivity index (χ3n) is 7.98. The molecule has 0 radical (unpaired) electrons. The van der Waals surface area contributed by atoms with E-state index in [4.69, 9.17) is 11.6 Å². The molecule has 8 nitrogen and oxygen atoms in total. The average molecular weight is 624 g/mol. The van der Waals surface area contributed by atoms with E-state index in [1.807, 2.05) is 18.7 Å². The molecule has 1 atom stereocenters. The fourth-order valence-electron chi connectivity index (χ4n) is 5.97. The van der Waals surface area contributed by atoms with Gasteiger partial charge in [-0.2, -0.15) is 4.98 Å². The first-order valence-corrected chi connectivity index (χ1v) is 15.1. The number of phenols is 1. The Hall–Kier alpha value is -3.96. The molecule has 1 amide bonds. The van der Waals surface area contributed by atoms with E-state index in [1.54, 1.807) is 24.1 Å². The molecule has 2 aliphatic heterocycles. The number of benzene rings is 2. The van der Waals surface area contributed by atoms with Crippen molar-refractivity contribution in [2.24, 2.45) is 0 Å². The standard InChI is InChI=1S/C31H28ClF2N5O3S/c1-5-20(41)37-11-12-38-17(13-37)14-43-29-23-28(25(34)22(24(29)32)21-18(33)7-6-8-19(21)40)39(31(42)36-30(23)38)27-16(4)9-10-35-26(27)15(2)3/h5-10,15,17,40H,1,11-14H2,2-4H3. The number of aromatic nitrogens is 3. The molecule has 12 heteroatoms. The van der Waals surface area contributed by atoms with Gasteiger partial charge in [0.05, 0.1) is 38.9 Å². The maximum absolute atomic E-state index is 17.2. The Balaban J connectivity index is 1.76. The second-order valence-corrected chi connectivity index (χ2v) is 12.3. The first-order chi connectivity index (χ1) is 20.5.